The SMILES string of the molecule is CC[C@H]1CN(C)CCCN1CC(=O)Nc1cc(C(C)(C)C)nn1-c1ccccc1. The van der Waals surface area contributed by atoms with Crippen molar-refractivity contribution in [1.29, 1.82) is 0 Å². The first-order valence-corrected chi connectivity index (χ1v) is 10.7. The van der Waals surface area contributed by atoms with E-state index >= 15 is 0 Å². The summed E-state index contributed by atoms with van der Waals surface area (Å²) in [5, 5.41) is 7.92. The second-order valence-corrected chi connectivity index (χ2v) is 9.11. The molecule has 0 saturated carbocycles. The number of hydrogen-bond acceptors (Lipinski definition) is 4. The first-order valence-electron chi connectivity index (χ1n) is 10.7. The van der Waals surface area contributed by atoms with Gasteiger partial charge in [-0.3, -0.25) is 9.69 Å². The summed E-state index contributed by atoms with van der Waals surface area (Å²) in [5.74, 6) is 0.747. The summed E-state index contributed by atoms with van der Waals surface area (Å²) in [6, 6.07) is 12.4. The zero-order valence-electron chi connectivity index (χ0n) is 18.5. The number of amides is 1. The van der Waals surface area contributed by atoms with Gasteiger partial charge in [0.25, 0.3) is 0 Å². The van der Waals surface area contributed by atoms with Crippen LogP contribution in [-0.2, 0) is 10.2 Å². The summed E-state index contributed by atoms with van der Waals surface area (Å²) < 4.78 is 1.84. The summed E-state index contributed by atoms with van der Waals surface area (Å²) >= 11 is 0. The van der Waals surface area contributed by atoms with E-state index in [0.717, 1.165) is 49.7 Å². The molecule has 1 N–H and O–H groups in total. The maximum Gasteiger partial charge on any atom is 0.239 e. The average molecular weight is 398 g/mol. The minimum atomic E-state index is -0.0951. The molecule has 0 radical (unpaired) electrons. The van der Waals surface area contributed by atoms with Crippen LogP contribution in [0, 0.1) is 0 Å². The Labute approximate surface area is 174 Å². The van der Waals surface area contributed by atoms with Gasteiger partial charge in [-0.05, 0) is 38.6 Å². The highest BCUT2D eigenvalue weighted by Gasteiger charge is 2.25. The van der Waals surface area contributed by atoms with Crippen molar-refractivity contribution in [2.75, 3.05) is 38.5 Å². The molecular weight excluding hydrogens is 362 g/mol. The second kappa shape index (κ2) is 9.09. The monoisotopic (exact) mass is 397 g/mol. The Balaban J connectivity index is 1.79. The molecule has 1 atom stereocenters. The first kappa shape index (κ1) is 21.5. The number of nitrogens with zero attached hydrogens (tertiary/aromatic N) is 4. The van der Waals surface area contributed by atoms with Gasteiger partial charge >= 0.3 is 0 Å². The van der Waals surface area contributed by atoms with Crippen molar-refractivity contribution < 1.29 is 4.79 Å². The van der Waals surface area contributed by atoms with Gasteiger partial charge in [-0.25, -0.2) is 4.68 Å². The molecule has 1 aromatic heterocycles. The maximum absolute atomic E-state index is 13.0. The number of nitrogens with one attached hydrogen (secondary N) is 1. The lowest BCUT2D eigenvalue weighted by molar-refractivity contribution is -0.117. The first-order chi connectivity index (χ1) is 13.8. The van der Waals surface area contributed by atoms with Crippen LogP contribution in [0.15, 0.2) is 36.4 Å². The van der Waals surface area contributed by atoms with Crippen LogP contribution in [0.5, 0.6) is 0 Å². The van der Waals surface area contributed by atoms with Crippen LogP contribution in [0.3, 0.4) is 0 Å². The number of rotatable bonds is 5. The van der Waals surface area contributed by atoms with E-state index in [1.54, 1.807) is 0 Å². The molecule has 1 aromatic carbocycles. The third kappa shape index (κ3) is 5.46. The van der Waals surface area contributed by atoms with Crippen molar-refractivity contribution in [1.82, 2.24) is 19.6 Å². The van der Waals surface area contributed by atoms with Crippen molar-refractivity contribution in [3.63, 3.8) is 0 Å². The molecule has 1 aliphatic rings. The van der Waals surface area contributed by atoms with E-state index in [1.807, 2.05) is 41.1 Å². The number of hydrogen-bond donors (Lipinski definition) is 1. The summed E-state index contributed by atoms with van der Waals surface area (Å²) in [6.45, 7) is 12.1. The van der Waals surface area contributed by atoms with E-state index in [1.165, 1.54) is 0 Å². The number of likely N-dealkylation sites (N-methyl/N-ethyl adjacent to an activating group) is 1. The highest BCUT2D eigenvalue weighted by Crippen LogP contribution is 2.26. The van der Waals surface area contributed by atoms with Crippen molar-refractivity contribution in [3.05, 3.63) is 42.1 Å². The van der Waals surface area contributed by atoms with Crippen molar-refractivity contribution >= 4 is 11.7 Å². The highest BCUT2D eigenvalue weighted by atomic mass is 16.2. The standard InChI is InChI=1S/C23H35N5O/c1-6-18-16-26(5)13-10-14-27(18)17-22(29)24-21-15-20(23(2,3)4)25-28(21)19-11-8-7-9-12-19/h7-9,11-12,15,18H,6,10,13-14,16-17H2,1-5H3,(H,24,29)/t18-/m0/s1. The predicted molar refractivity (Wildman–Crippen MR) is 119 cm³/mol. The smallest absolute Gasteiger partial charge is 0.239 e. The minimum absolute atomic E-state index is 0.0190. The Hall–Kier alpha value is -2.18. The van der Waals surface area contributed by atoms with Gasteiger partial charge in [0, 0.05) is 30.6 Å². The zero-order valence-corrected chi connectivity index (χ0v) is 18.5. The number of carbonyl (C=O) groups is 1. The molecule has 0 aliphatic carbocycles. The summed E-state index contributed by atoms with van der Waals surface area (Å²) in [4.78, 5) is 17.7. The number of carbonyl (C=O) groups excluding carboxylic acids is 1. The van der Waals surface area contributed by atoms with Crippen LogP contribution in [-0.4, -0.2) is 64.8 Å². The van der Waals surface area contributed by atoms with Crippen molar-refractivity contribution in [2.24, 2.45) is 0 Å². The van der Waals surface area contributed by atoms with Gasteiger partial charge in [-0.2, -0.15) is 5.10 Å². The van der Waals surface area contributed by atoms with E-state index in [9.17, 15) is 4.79 Å². The molecule has 158 valence electrons. The van der Waals surface area contributed by atoms with Gasteiger partial charge in [0.05, 0.1) is 17.9 Å². The molecule has 6 nitrogen and oxygen atoms in total. The fourth-order valence-corrected chi connectivity index (χ4v) is 3.86. The fraction of sp³-hybridized carbons (Fsp3) is 0.565. The van der Waals surface area contributed by atoms with Crippen LogP contribution in [0.2, 0.25) is 0 Å². The molecule has 0 spiro atoms. The predicted octanol–water partition coefficient (Wildman–Crippen LogP) is 3.52. The Kier molecular flexibility index (Phi) is 6.75. The zero-order chi connectivity index (χ0) is 21.0. The fourth-order valence-electron chi connectivity index (χ4n) is 3.86. The van der Waals surface area contributed by atoms with Gasteiger partial charge in [-0.1, -0.05) is 45.9 Å². The van der Waals surface area contributed by atoms with Gasteiger partial charge in [0.1, 0.15) is 5.82 Å². The molecule has 1 fully saturated rings. The molecule has 2 heterocycles. The number of aromatic nitrogens is 2. The number of para-hydroxylation sites is 1. The summed E-state index contributed by atoms with van der Waals surface area (Å²) in [5.41, 5.74) is 1.81. The Bertz CT molecular complexity index is 808. The minimum Gasteiger partial charge on any atom is -0.309 e. The Morgan fingerprint density at radius 3 is 2.59 bits per heavy atom. The molecule has 1 amide bonds. The molecular formula is C23H35N5O. The number of benzene rings is 1. The Morgan fingerprint density at radius 1 is 1.21 bits per heavy atom. The van der Waals surface area contributed by atoms with E-state index in [0.29, 0.717) is 12.6 Å². The average Bonchev–Trinajstić information content (AvgIpc) is 3.01. The second-order valence-electron chi connectivity index (χ2n) is 9.11. The molecule has 6 heteroatoms. The molecule has 29 heavy (non-hydrogen) atoms. The highest BCUT2D eigenvalue weighted by molar-refractivity contribution is 5.91. The topological polar surface area (TPSA) is 53.4 Å². The third-order valence-electron chi connectivity index (χ3n) is 5.59. The Morgan fingerprint density at radius 2 is 1.93 bits per heavy atom. The molecule has 0 bridgehead atoms. The van der Waals surface area contributed by atoms with Crippen LogP contribution in [0.1, 0.15) is 46.2 Å². The molecule has 3 rings (SSSR count). The van der Waals surface area contributed by atoms with E-state index < -0.39 is 0 Å². The van der Waals surface area contributed by atoms with E-state index in [2.05, 4.69) is 49.9 Å². The summed E-state index contributed by atoms with van der Waals surface area (Å²) in [7, 11) is 2.17. The third-order valence-corrected chi connectivity index (χ3v) is 5.59. The van der Waals surface area contributed by atoms with Gasteiger partial charge in [0.15, 0.2) is 0 Å². The quantitative estimate of drug-likeness (QED) is 0.839. The lowest BCUT2D eigenvalue weighted by Gasteiger charge is -2.29. The summed E-state index contributed by atoms with van der Waals surface area (Å²) in [6.07, 6.45) is 2.14. The van der Waals surface area contributed by atoms with Gasteiger partial charge < -0.3 is 10.2 Å². The number of anilines is 1. The van der Waals surface area contributed by atoms with Crippen LogP contribution in [0.4, 0.5) is 5.82 Å². The van der Waals surface area contributed by atoms with Crippen LogP contribution < -0.4 is 5.32 Å². The van der Waals surface area contributed by atoms with E-state index in [4.69, 9.17) is 5.10 Å². The largest absolute Gasteiger partial charge is 0.309 e. The normalized spacial score (nSPS) is 19.1. The van der Waals surface area contributed by atoms with Gasteiger partial charge in [-0.15, -0.1) is 0 Å². The van der Waals surface area contributed by atoms with Crippen LogP contribution in [0.25, 0.3) is 5.69 Å². The van der Waals surface area contributed by atoms with Crippen molar-refractivity contribution in [3.8, 4) is 5.69 Å². The molecule has 2 aromatic rings. The maximum atomic E-state index is 13.0. The molecule has 0 unspecified atom stereocenters. The van der Waals surface area contributed by atoms with E-state index in [-0.39, 0.29) is 11.3 Å². The lowest BCUT2D eigenvalue weighted by atomic mass is 9.92. The van der Waals surface area contributed by atoms with Crippen LogP contribution >= 0.6 is 0 Å². The van der Waals surface area contributed by atoms with Crippen molar-refractivity contribution in [2.45, 2.75) is 52.0 Å². The molecule has 1 saturated heterocycles. The molecule has 1 aliphatic heterocycles. The lowest BCUT2D eigenvalue weighted by Crippen LogP contribution is -2.43. The van der Waals surface area contributed by atoms with Gasteiger partial charge in [0.2, 0.25) is 5.91 Å².